The van der Waals surface area contributed by atoms with E-state index in [1.165, 1.54) is 4.90 Å². The number of allylic oxidation sites excluding steroid dienone is 1. The lowest BCUT2D eigenvalue weighted by Crippen LogP contribution is -2.56. The number of aliphatic hydroxyl groups is 1. The summed E-state index contributed by atoms with van der Waals surface area (Å²) in [5.74, 6) is -3.24. The van der Waals surface area contributed by atoms with E-state index in [0.29, 0.717) is 31.4 Å². The van der Waals surface area contributed by atoms with Crippen molar-refractivity contribution in [2.45, 2.75) is 62.5 Å². The van der Waals surface area contributed by atoms with Crippen molar-refractivity contribution < 1.29 is 33.8 Å². The van der Waals surface area contributed by atoms with E-state index in [-0.39, 0.29) is 56.8 Å². The lowest BCUT2D eigenvalue weighted by molar-refractivity contribution is -0.160. The molecule has 3 saturated heterocycles. The van der Waals surface area contributed by atoms with Gasteiger partial charge in [0.25, 0.3) is 0 Å². The number of aliphatic hydroxyl groups excluding tert-OH is 1. The van der Waals surface area contributed by atoms with Gasteiger partial charge in [0, 0.05) is 32.7 Å². The number of carbonyl (C=O) groups is 4. The lowest BCUT2D eigenvalue weighted by atomic mass is 9.70. The number of nitrogens with zero attached hydrogens (tertiary/aromatic N) is 2. The molecular formula is C36H43N3O7. The minimum atomic E-state index is -1.20. The quantitative estimate of drug-likeness (QED) is 0.216. The van der Waals surface area contributed by atoms with Crippen molar-refractivity contribution in [3.8, 4) is 0 Å². The normalized spacial score (nSPS) is 25.1. The number of fused-ring (bicyclic) bond motifs is 1. The number of ether oxygens (including phenoxy) is 2. The number of likely N-dealkylation sites (tertiary alicyclic amines) is 1. The van der Waals surface area contributed by atoms with Gasteiger partial charge in [0.1, 0.15) is 17.7 Å². The van der Waals surface area contributed by atoms with E-state index in [1.807, 2.05) is 60.7 Å². The number of hydrogen-bond donors (Lipinski definition) is 2. The van der Waals surface area contributed by atoms with Gasteiger partial charge in [-0.2, -0.15) is 0 Å². The number of carbonyl (C=O) groups excluding carboxylic acids is 4. The van der Waals surface area contributed by atoms with E-state index in [0.717, 1.165) is 5.56 Å². The molecule has 3 amide bonds. The molecule has 46 heavy (non-hydrogen) atoms. The first kappa shape index (κ1) is 33.1. The number of rotatable bonds is 16. The van der Waals surface area contributed by atoms with Crippen LogP contribution in [0, 0.1) is 11.8 Å². The molecule has 0 aliphatic carbocycles. The highest BCUT2D eigenvalue weighted by Gasteiger charge is 2.75. The number of nitrogens with one attached hydrogen (secondary N) is 1. The molecule has 3 aliphatic rings. The van der Waals surface area contributed by atoms with Crippen LogP contribution in [0.5, 0.6) is 0 Å². The maximum atomic E-state index is 14.4. The molecule has 1 spiro atoms. The maximum absolute atomic E-state index is 14.4. The summed E-state index contributed by atoms with van der Waals surface area (Å²) in [4.78, 5) is 58.2. The molecule has 0 unspecified atom stereocenters. The first-order chi connectivity index (χ1) is 22.3. The fourth-order valence-electron chi connectivity index (χ4n) is 7.19. The summed E-state index contributed by atoms with van der Waals surface area (Å²) in [5, 5.41) is 12.5. The van der Waals surface area contributed by atoms with Crippen LogP contribution in [-0.4, -0.2) is 82.6 Å². The molecule has 10 nitrogen and oxygen atoms in total. The zero-order valence-electron chi connectivity index (χ0n) is 26.1. The highest BCUT2D eigenvalue weighted by Crippen LogP contribution is 2.59. The first-order valence-electron chi connectivity index (χ1n) is 16.0. The molecule has 3 heterocycles. The SMILES string of the molecule is C=CCCC(=O)NC[C@H](OC(=O)[C@@H]1[C@H]2C(=O)N(CCCO)[C@H](C(=O)N(CC=C)Cc3ccccc3)[C@]23CC[C@H]1O3)c1ccccc1. The minimum Gasteiger partial charge on any atom is -0.455 e. The predicted molar refractivity (Wildman–Crippen MR) is 171 cm³/mol. The minimum absolute atomic E-state index is 0.0630. The molecule has 244 valence electrons. The van der Waals surface area contributed by atoms with Crippen LogP contribution in [-0.2, 0) is 35.2 Å². The smallest absolute Gasteiger partial charge is 0.313 e. The van der Waals surface area contributed by atoms with Crippen LogP contribution in [0.2, 0.25) is 0 Å². The average Bonchev–Trinajstić information content (AvgIpc) is 3.72. The maximum Gasteiger partial charge on any atom is 0.313 e. The van der Waals surface area contributed by atoms with Crippen LogP contribution in [0.15, 0.2) is 86.0 Å². The molecule has 5 rings (SSSR count). The third-order valence-electron chi connectivity index (χ3n) is 9.23. The van der Waals surface area contributed by atoms with Gasteiger partial charge in [0.15, 0.2) is 0 Å². The highest BCUT2D eigenvalue weighted by molar-refractivity contribution is 5.98. The van der Waals surface area contributed by atoms with Crippen LogP contribution in [0.25, 0.3) is 0 Å². The topological polar surface area (TPSA) is 125 Å². The Labute approximate surface area is 270 Å². The van der Waals surface area contributed by atoms with Crippen molar-refractivity contribution in [2.24, 2.45) is 11.8 Å². The van der Waals surface area contributed by atoms with Crippen molar-refractivity contribution in [3.63, 3.8) is 0 Å². The second-order valence-electron chi connectivity index (χ2n) is 12.1. The molecule has 3 fully saturated rings. The van der Waals surface area contributed by atoms with E-state index in [4.69, 9.17) is 9.47 Å². The van der Waals surface area contributed by atoms with Crippen LogP contribution in [0.4, 0.5) is 0 Å². The van der Waals surface area contributed by atoms with Gasteiger partial charge in [-0.3, -0.25) is 19.2 Å². The summed E-state index contributed by atoms with van der Waals surface area (Å²) >= 11 is 0. The van der Waals surface area contributed by atoms with Gasteiger partial charge < -0.3 is 29.7 Å². The second kappa shape index (κ2) is 14.9. The second-order valence-corrected chi connectivity index (χ2v) is 12.1. The van der Waals surface area contributed by atoms with E-state index in [9.17, 15) is 24.3 Å². The number of hydrogen-bond acceptors (Lipinski definition) is 7. The average molecular weight is 630 g/mol. The van der Waals surface area contributed by atoms with Gasteiger partial charge in [0.2, 0.25) is 17.7 Å². The van der Waals surface area contributed by atoms with Crippen LogP contribution in [0.3, 0.4) is 0 Å². The van der Waals surface area contributed by atoms with Crippen molar-refractivity contribution in [1.82, 2.24) is 15.1 Å². The van der Waals surface area contributed by atoms with Crippen LogP contribution in [0.1, 0.15) is 49.3 Å². The number of amides is 3. The summed E-state index contributed by atoms with van der Waals surface area (Å²) in [5.41, 5.74) is 0.435. The van der Waals surface area contributed by atoms with Crippen molar-refractivity contribution >= 4 is 23.7 Å². The monoisotopic (exact) mass is 629 g/mol. The molecular weight excluding hydrogens is 586 g/mol. The molecule has 10 heteroatoms. The summed E-state index contributed by atoms with van der Waals surface area (Å²) in [6.45, 7) is 8.13. The third-order valence-corrected chi connectivity index (χ3v) is 9.23. The van der Waals surface area contributed by atoms with Crippen molar-refractivity contribution in [2.75, 3.05) is 26.2 Å². The number of esters is 1. The molecule has 2 aromatic rings. The van der Waals surface area contributed by atoms with Crippen molar-refractivity contribution in [3.05, 3.63) is 97.1 Å². The van der Waals surface area contributed by atoms with Gasteiger partial charge in [-0.25, -0.2) is 0 Å². The van der Waals surface area contributed by atoms with E-state index >= 15 is 0 Å². The summed E-state index contributed by atoms with van der Waals surface area (Å²) < 4.78 is 12.6. The Hall–Kier alpha value is -4.28. The highest BCUT2D eigenvalue weighted by atomic mass is 16.6. The standard InChI is InChI=1S/C36H43N3O7/c1-3-5-17-29(41)37-23-28(26-15-10-7-11-16-26)45-35(44)30-27-18-19-36(46-27)31(30)33(42)39(21-12-22-40)32(36)34(43)38(20-4-2)24-25-13-8-6-9-14-25/h3-4,6-11,13-16,27-28,30-32,40H,1-2,5,12,17-24H2,(H,37,41)/t27-,28+,30+,31+,32-,36+/m1/s1. The largest absolute Gasteiger partial charge is 0.455 e. The van der Waals surface area contributed by atoms with E-state index in [2.05, 4.69) is 18.5 Å². The number of benzene rings is 2. The molecule has 2 aromatic carbocycles. The lowest BCUT2D eigenvalue weighted by Gasteiger charge is -2.36. The molecule has 0 saturated carbocycles. The molecule has 2 bridgehead atoms. The third kappa shape index (κ3) is 6.64. The van der Waals surface area contributed by atoms with E-state index in [1.54, 1.807) is 17.1 Å². The summed E-state index contributed by atoms with van der Waals surface area (Å²) in [7, 11) is 0. The Morgan fingerprint density at radius 1 is 1.11 bits per heavy atom. The van der Waals surface area contributed by atoms with Crippen molar-refractivity contribution in [1.29, 1.82) is 0 Å². The molecule has 0 radical (unpaired) electrons. The van der Waals surface area contributed by atoms with Gasteiger partial charge >= 0.3 is 5.97 Å². The fourth-order valence-corrected chi connectivity index (χ4v) is 7.19. The Bertz CT molecular complexity index is 1420. The molecule has 2 N–H and O–H groups in total. The predicted octanol–water partition coefficient (Wildman–Crippen LogP) is 3.33. The molecule has 0 aromatic heterocycles. The zero-order valence-corrected chi connectivity index (χ0v) is 26.1. The Kier molecular flexibility index (Phi) is 10.7. The Morgan fingerprint density at radius 3 is 2.50 bits per heavy atom. The Balaban J connectivity index is 1.42. The fraction of sp³-hybridized carbons (Fsp3) is 0.444. The van der Waals surface area contributed by atoms with Gasteiger partial charge in [-0.1, -0.05) is 72.8 Å². The summed E-state index contributed by atoms with van der Waals surface area (Å²) in [6, 6.07) is 17.8. The molecule has 3 aliphatic heterocycles. The summed E-state index contributed by atoms with van der Waals surface area (Å²) in [6.07, 6.45) is 3.95. The van der Waals surface area contributed by atoms with Gasteiger partial charge in [0.05, 0.1) is 24.5 Å². The van der Waals surface area contributed by atoms with Gasteiger partial charge in [-0.05, 0) is 36.8 Å². The van der Waals surface area contributed by atoms with Crippen LogP contribution >= 0.6 is 0 Å². The van der Waals surface area contributed by atoms with Crippen LogP contribution < -0.4 is 5.32 Å². The molecule has 6 atom stereocenters. The van der Waals surface area contributed by atoms with Gasteiger partial charge in [-0.15, -0.1) is 13.2 Å². The van der Waals surface area contributed by atoms with E-state index < -0.39 is 41.7 Å². The zero-order chi connectivity index (χ0) is 32.7. The Morgan fingerprint density at radius 2 is 1.83 bits per heavy atom. The first-order valence-corrected chi connectivity index (χ1v) is 16.0.